The molecule has 1 aliphatic rings. The molecule has 8 heteroatoms. The van der Waals surface area contributed by atoms with Gasteiger partial charge in [-0.05, 0) is 14.1 Å². The van der Waals surface area contributed by atoms with Crippen LogP contribution in [0.2, 0.25) is 0 Å². The van der Waals surface area contributed by atoms with Crippen molar-refractivity contribution in [3.8, 4) is 0 Å². The van der Waals surface area contributed by atoms with E-state index in [1.165, 1.54) is 0 Å². The predicted molar refractivity (Wildman–Crippen MR) is 94.0 cm³/mol. The molecule has 136 valence electrons. The van der Waals surface area contributed by atoms with Gasteiger partial charge in [0, 0.05) is 50.6 Å². The summed E-state index contributed by atoms with van der Waals surface area (Å²) in [6, 6.07) is 0.381. The van der Waals surface area contributed by atoms with Gasteiger partial charge in [0.15, 0.2) is 0 Å². The molecule has 2 atom stereocenters. The zero-order valence-corrected chi connectivity index (χ0v) is 15.4. The molecule has 2 aromatic rings. The second-order valence-corrected chi connectivity index (χ2v) is 7.16. The lowest BCUT2D eigenvalue weighted by atomic mass is 10.1. The van der Waals surface area contributed by atoms with E-state index in [9.17, 15) is 4.79 Å². The summed E-state index contributed by atoms with van der Waals surface area (Å²) in [4.78, 5) is 21.2. The molecule has 1 saturated heterocycles. The summed E-state index contributed by atoms with van der Waals surface area (Å²) in [6.45, 7) is 6.30. The lowest BCUT2D eigenvalue weighted by Gasteiger charge is -2.24. The van der Waals surface area contributed by atoms with Crippen molar-refractivity contribution in [3.05, 3.63) is 30.6 Å². The number of imidazole rings is 1. The van der Waals surface area contributed by atoms with Crippen molar-refractivity contribution in [1.29, 1.82) is 0 Å². The molecule has 0 aromatic carbocycles. The fourth-order valence-electron chi connectivity index (χ4n) is 3.52. The van der Waals surface area contributed by atoms with Crippen LogP contribution >= 0.6 is 0 Å². The average molecular weight is 345 g/mol. The number of carbonyl (C=O) groups is 1. The van der Waals surface area contributed by atoms with Crippen molar-refractivity contribution in [1.82, 2.24) is 34.3 Å². The van der Waals surface area contributed by atoms with Gasteiger partial charge in [0.05, 0.1) is 18.3 Å². The Morgan fingerprint density at radius 3 is 2.72 bits per heavy atom. The zero-order valence-electron chi connectivity index (χ0n) is 15.4. The Kier molecular flexibility index (Phi) is 5.17. The van der Waals surface area contributed by atoms with Crippen LogP contribution in [-0.2, 0) is 11.3 Å². The van der Waals surface area contributed by atoms with E-state index >= 15 is 0 Å². The molecule has 2 aromatic heterocycles. The van der Waals surface area contributed by atoms with Gasteiger partial charge in [-0.25, -0.2) is 9.67 Å². The Labute approximate surface area is 148 Å². The summed E-state index contributed by atoms with van der Waals surface area (Å²) in [7, 11) is 4.09. The summed E-state index contributed by atoms with van der Waals surface area (Å²) >= 11 is 0. The molecule has 0 N–H and O–H groups in total. The van der Waals surface area contributed by atoms with Crippen molar-refractivity contribution >= 4 is 5.91 Å². The monoisotopic (exact) mass is 345 g/mol. The van der Waals surface area contributed by atoms with Crippen molar-refractivity contribution in [3.63, 3.8) is 0 Å². The second kappa shape index (κ2) is 7.35. The number of rotatable bonds is 6. The Morgan fingerprint density at radius 2 is 2.08 bits per heavy atom. The van der Waals surface area contributed by atoms with Gasteiger partial charge < -0.3 is 14.4 Å². The van der Waals surface area contributed by atoms with Crippen LogP contribution < -0.4 is 0 Å². The minimum atomic E-state index is 0.140. The topological polar surface area (TPSA) is 72.1 Å². The number of carbonyl (C=O) groups excluding carboxylic acids is 1. The van der Waals surface area contributed by atoms with Gasteiger partial charge >= 0.3 is 0 Å². The molecular formula is C17H27N7O. The Bertz CT molecular complexity index is 692. The van der Waals surface area contributed by atoms with Crippen LogP contribution in [0.3, 0.4) is 0 Å². The molecule has 0 saturated carbocycles. The van der Waals surface area contributed by atoms with E-state index in [1.54, 1.807) is 12.4 Å². The standard InChI is InChI=1S/C17H27N7O/c1-13(2)17-18-6-9-22(17)8-5-16(25)23-11-14(21(3)4)15(12-23)24-10-7-19-20-24/h6-7,9-10,13-15H,5,8,11-12H2,1-4H3/t14-,15+/m1/s1. The van der Waals surface area contributed by atoms with Gasteiger partial charge in [0.25, 0.3) is 0 Å². The van der Waals surface area contributed by atoms with Crippen LogP contribution in [0.5, 0.6) is 0 Å². The van der Waals surface area contributed by atoms with Crippen molar-refractivity contribution in [2.24, 2.45) is 0 Å². The van der Waals surface area contributed by atoms with E-state index in [0.29, 0.717) is 25.4 Å². The first-order valence-electron chi connectivity index (χ1n) is 8.78. The molecule has 25 heavy (non-hydrogen) atoms. The third-order valence-electron chi connectivity index (χ3n) is 4.89. The van der Waals surface area contributed by atoms with Gasteiger partial charge in [-0.1, -0.05) is 19.1 Å². The highest BCUT2D eigenvalue weighted by atomic mass is 16.2. The van der Waals surface area contributed by atoms with Crippen LogP contribution in [0.4, 0.5) is 0 Å². The fraction of sp³-hybridized carbons (Fsp3) is 0.647. The smallest absolute Gasteiger partial charge is 0.224 e. The van der Waals surface area contributed by atoms with Crippen molar-refractivity contribution in [2.45, 2.75) is 44.8 Å². The first-order valence-corrected chi connectivity index (χ1v) is 8.78. The molecule has 1 amide bonds. The molecule has 1 fully saturated rings. The summed E-state index contributed by atoms with van der Waals surface area (Å²) in [5.74, 6) is 1.56. The number of likely N-dealkylation sites (tertiary alicyclic amines) is 1. The third kappa shape index (κ3) is 3.73. The number of amides is 1. The highest BCUT2D eigenvalue weighted by molar-refractivity contribution is 5.76. The molecule has 0 spiro atoms. The van der Waals surface area contributed by atoms with E-state index in [4.69, 9.17) is 0 Å². The first-order chi connectivity index (χ1) is 12.0. The molecule has 3 heterocycles. The van der Waals surface area contributed by atoms with Crippen LogP contribution in [0.15, 0.2) is 24.8 Å². The van der Waals surface area contributed by atoms with Gasteiger partial charge in [0.1, 0.15) is 5.82 Å². The van der Waals surface area contributed by atoms with Crippen molar-refractivity contribution < 1.29 is 4.79 Å². The van der Waals surface area contributed by atoms with Crippen LogP contribution in [-0.4, -0.2) is 73.5 Å². The Morgan fingerprint density at radius 1 is 1.28 bits per heavy atom. The van der Waals surface area contributed by atoms with Crippen LogP contribution in [0.1, 0.15) is 38.1 Å². The third-order valence-corrected chi connectivity index (χ3v) is 4.89. The number of aromatic nitrogens is 5. The molecule has 3 rings (SSSR count). The number of hydrogen-bond donors (Lipinski definition) is 0. The molecule has 8 nitrogen and oxygen atoms in total. The first kappa shape index (κ1) is 17.6. The highest BCUT2D eigenvalue weighted by Gasteiger charge is 2.37. The number of nitrogens with zero attached hydrogens (tertiary/aromatic N) is 7. The number of likely N-dealkylation sites (N-methyl/N-ethyl adjacent to an activating group) is 1. The van der Waals surface area contributed by atoms with Gasteiger partial charge in [0.2, 0.25) is 5.91 Å². The van der Waals surface area contributed by atoms with E-state index in [-0.39, 0.29) is 18.0 Å². The SMILES string of the molecule is CC(C)c1nccn1CCC(=O)N1C[C@@H](N(C)C)[C@@H](n2ccnn2)C1. The highest BCUT2D eigenvalue weighted by Crippen LogP contribution is 2.25. The summed E-state index contributed by atoms with van der Waals surface area (Å²) in [5, 5.41) is 8.04. The largest absolute Gasteiger partial charge is 0.339 e. The summed E-state index contributed by atoms with van der Waals surface area (Å²) in [5.41, 5.74) is 0. The minimum absolute atomic E-state index is 0.140. The predicted octanol–water partition coefficient (Wildman–Crippen LogP) is 1.00. The molecular weight excluding hydrogens is 318 g/mol. The molecule has 0 bridgehead atoms. The molecule has 0 radical (unpaired) electrons. The zero-order chi connectivity index (χ0) is 18.0. The fourth-order valence-corrected chi connectivity index (χ4v) is 3.52. The van der Waals surface area contributed by atoms with Crippen molar-refractivity contribution in [2.75, 3.05) is 27.2 Å². The Hall–Kier alpha value is -2.22. The molecule has 1 aliphatic heterocycles. The minimum Gasteiger partial charge on any atom is -0.339 e. The average Bonchev–Trinajstić information content (AvgIpc) is 3.30. The normalized spacial score (nSPS) is 20.8. The van der Waals surface area contributed by atoms with Crippen LogP contribution in [0, 0.1) is 0 Å². The van der Waals surface area contributed by atoms with E-state index in [2.05, 4.69) is 38.6 Å². The second-order valence-electron chi connectivity index (χ2n) is 7.16. The summed E-state index contributed by atoms with van der Waals surface area (Å²) in [6.07, 6.45) is 7.80. The van der Waals surface area contributed by atoms with Crippen LogP contribution in [0.25, 0.3) is 0 Å². The van der Waals surface area contributed by atoms with E-state index in [1.807, 2.05) is 36.1 Å². The maximum Gasteiger partial charge on any atom is 0.224 e. The Balaban J connectivity index is 1.63. The van der Waals surface area contributed by atoms with E-state index < -0.39 is 0 Å². The van der Waals surface area contributed by atoms with Gasteiger partial charge in [-0.3, -0.25) is 4.79 Å². The van der Waals surface area contributed by atoms with E-state index in [0.717, 1.165) is 12.4 Å². The maximum absolute atomic E-state index is 12.7. The molecule has 0 aliphatic carbocycles. The molecule has 0 unspecified atom stereocenters. The lowest BCUT2D eigenvalue weighted by Crippen LogP contribution is -2.37. The summed E-state index contributed by atoms with van der Waals surface area (Å²) < 4.78 is 3.95. The van der Waals surface area contributed by atoms with Gasteiger partial charge in [-0.15, -0.1) is 5.10 Å². The lowest BCUT2D eigenvalue weighted by molar-refractivity contribution is -0.130. The van der Waals surface area contributed by atoms with Gasteiger partial charge in [-0.2, -0.15) is 0 Å². The number of hydrogen-bond acceptors (Lipinski definition) is 5. The maximum atomic E-state index is 12.7. The quantitative estimate of drug-likeness (QED) is 0.781. The number of aryl methyl sites for hydroxylation is 1.